The number of nitrogens with zero attached hydrogens (tertiary/aromatic N) is 1. The number of amides is 1. The summed E-state index contributed by atoms with van der Waals surface area (Å²) in [5.41, 5.74) is -0.926. The average molecular weight is 227 g/mol. The van der Waals surface area contributed by atoms with Crippen LogP contribution in [0.25, 0.3) is 0 Å². The highest BCUT2D eigenvalue weighted by Gasteiger charge is 2.77. The van der Waals surface area contributed by atoms with E-state index in [1.165, 1.54) is 4.90 Å². The molecule has 1 aliphatic carbocycles. The molecule has 2 atom stereocenters. The first-order valence-corrected chi connectivity index (χ1v) is 5.36. The van der Waals surface area contributed by atoms with Crippen molar-refractivity contribution in [1.82, 2.24) is 4.90 Å². The molecule has 0 N–H and O–H groups in total. The number of methoxy groups -OCH3 is 1. The minimum absolute atomic E-state index is 0.0999. The van der Waals surface area contributed by atoms with Gasteiger partial charge in [0.05, 0.1) is 6.61 Å². The Balaban J connectivity index is 2.02. The summed E-state index contributed by atoms with van der Waals surface area (Å²) in [5.74, 6) is 0.0999. The summed E-state index contributed by atoms with van der Waals surface area (Å²) in [6, 6.07) is -0.303. The van der Waals surface area contributed by atoms with Crippen LogP contribution in [-0.4, -0.2) is 47.7 Å². The van der Waals surface area contributed by atoms with E-state index in [0.29, 0.717) is 13.0 Å². The maximum absolute atomic E-state index is 11.8. The van der Waals surface area contributed by atoms with Gasteiger partial charge >= 0.3 is 6.09 Å². The van der Waals surface area contributed by atoms with Crippen molar-refractivity contribution < 1.29 is 19.1 Å². The Bertz CT molecular complexity index is 346. The van der Waals surface area contributed by atoms with Crippen LogP contribution in [0.1, 0.15) is 27.2 Å². The van der Waals surface area contributed by atoms with Crippen molar-refractivity contribution in [3.63, 3.8) is 0 Å². The molecule has 1 saturated heterocycles. The number of fused-ring (bicyclic) bond motifs is 1. The van der Waals surface area contributed by atoms with Gasteiger partial charge in [0, 0.05) is 13.5 Å². The summed E-state index contributed by atoms with van der Waals surface area (Å²) in [6.45, 7) is 5.83. The van der Waals surface area contributed by atoms with Gasteiger partial charge in [0.2, 0.25) is 0 Å². The average Bonchev–Trinajstić information content (AvgIpc) is 2.63. The highest BCUT2D eigenvalue weighted by molar-refractivity contribution is 6.04. The lowest BCUT2D eigenvalue weighted by Crippen LogP contribution is -2.40. The second-order valence-electron chi connectivity index (χ2n) is 5.43. The first kappa shape index (κ1) is 11.4. The lowest BCUT2D eigenvalue weighted by molar-refractivity contribution is -0.123. The van der Waals surface area contributed by atoms with E-state index >= 15 is 0 Å². The van der Waals surface area contributed by atoms with E-state index in [1.807, 2.05) is 0 Å². The van der Waals surface area contributed by atoms with Crippen LogP contribution in [0, 0.1) is 0 Å². The van der Waals surface area contributed by atoms with Crippen LogP contribution < -0.4 is 0 Å². The number of rotatable bonds is 2. The second-order valence-corrected chi connectivity index (χ2v) is 5.43. The zero-order chi connectivity index (χ0) is 12.1. The SMILES string of the molecule is COCC12CC(=O)C1N2C(=O)OC(C)(C)C. The van der Waals surface area contributed by atoms with Gasteiger partial charge in [-0.1, -0.05) is 0 Å². The molecule has 90 valence electrons. The molecule has 0 aromatic carbocycles. The quantitative estimate of drug-likeness (QED) is 0.659. The van der Waals surface area contributed by atoms with Crippen LogP contribution in [0.2, 0.25) is 0 Å². The van der Waals surface area contributed by atoms with E-state index in [2.05, 4.69) is 0 Å². The fourth-order valence-electron chi connectivity index (χ4n) is 2.31. The third-order valence-corrected chi connectivity index (χ3v) is 2.95. The number of carbonyl (C=O) groups excluding carboxylic acids is 2. The third-order valence-electron chi connectivity index (χ3n) is 2.95. The van der Waals surface area contributed by atoms with E-state index in [1.54, 1.807) is 27.9 Å². The van der Waals surface area contributed by atoms with Crippen molar-refractivity contribution in [3.8, 4) is 0 Å². The Morgan fingerprint density at radius 3 is 2.62 bits per heavy atom. The largest absolute Gasteiger partial charge is 0.444 e. The summed E-state index contributed by atoms with van der Waals surface area (Å²) in [4.78, 5) is 24.6. The fourth-order valence-corrected chi connectivity index (χ4v) is 2.31. The monoisotopic (exact) mass is 227 g/mol. The fraction of sp³-hybridized carbons (Fsp3) is 0.818. The molecule has 0 aromatic rings. The number of Topliss-reactive ketones (excluding diaryl/α,β-unsaturated/α-hetero) is 1. The highest BCUT2D eigenvalue weighted by atomic mass is 16.6. The maximum atomic E-state index is 11.8. The number of hydrogen-bond donors (Lipinski definition) is 0. The standard InChI is InChI=1S/C11H17NO4/c1-10(2,3)16-9(14)12-8-7(13)5-11(8,12)6-15-4/h8H,5-6H2,1-4H3. The van der Waals surface area contributed by atoms with Crippen LogP contribution in [0.3, 0.4) is 0 Å². The summed E-state index contributed by atoms with van der Waals surface area (Å²) in [7, 11) is 1.57. The number of ketones is 1. The number of ether oxygens (including phenoxy) is 2. The maximum Gasteiger partial charge on any atom is 0.411 e. The summed E-state index contributed by atoms with van der Waals surface area (Å²) in [5, 5.41) is 0. The smallest absolute Gasteiger partial charge is 0.411 e. The van der Waals surface area contributed by atoms with Gasteiger partial charge in [0.25, 0.3) is 0 Å². The first-order chi connectivity index (χ1) is 7.32. The van der Waals surface area contributed by atoms with Crippen molar-refractivity contribution in [2.24, 2.45) is 0 Å². The van der Waals surface area contributed by atoms with Gasteiger partial charge in [0.15, 0.2) is 5.78 Å². The lowest BCUT2D eigenvalue weighted by Gasteiger charge is -2.22. The van der Waals surface area contributed by atoms with Crippen molar-refractivity contribution in [1.29, 1.82) is 0 Å². The Hall–Kier alpha value is -1.10. The van der Waals surface area contributed by atoms with Crippen LogP contribution >= 0.6 is 0 Å². The van der Waals surface area contributed by atoms with Gasteiger partial charge < -0.3 is 9.47 Å². The molecule has 5 heteroatoms. The van der Waals surface area contributed by atoms with Gasteiger partial charge in [-0.05, 0) is 20.8 Å². The number of hydrogen-bond acceptors (Lipinski definition) is 4. The molecule has 2 aliphatic rings. The first-order valence-electron chi connectivity index (χ1n) is 5.36. The molecule has 0 aromatic heterocycles. The second kappa shape index (κ2) is 3.20. The molecule has 5 nitrogen and oxygen atoms in total. The summed E-state index contributed by atoms with van der Waals surface area (Å²) in [6.07, 6.45) is -0.0227. The Morgan fingerprint density at radius 2 is 2.19 bits per heavy atom. The number of likely N-dealkylation sites (tertiary alicyclic amines) is 1. The molecule has 1 aliphatic heterocycles. The summed E-state index contributed by atoms with van der Waals surface area (Å²) < 4.78 is 10.3. The van der Waals surface area contributed by atoms with E-state index in [4.69, 9.17) is 9.47 Å². The molecule has 2 unspecified atom stereocenters. The van der Waals surface area contributed by atoms with E-state index < -0.39 is 17.2 Å². The van der Waals surface area contributed by atoms with E-state index in [-0.39, 0.29) is 11.8 Å². The zero-order valence-electron chi connectivity index (χ0n) is 10.1. The van der Waals surface area contributed by atoms with Crippen LogP contribution in [0.15, 0.2) is 0 Å². The molecular weight excluding hydrogens is 210 g/mol. The molecule has 16 heavy (non-hydrogen) atoms. The predicted molar refractivity (Wildman–Crippen MR) is 56.1 cm³/mol. The molecule has 2 fully saturated rings. The minimum Gasteiger partial charge on any atom is -0.444 e. The third kappa shape index (κ3) is 1.50. The molecule has 1 amide bonds. The molecule has 2 rings (SSSR count). The topological polar surface area (TPSA) is 55.6 Å². The van der Waals surface area contributed by atoms with E-state index in [0.717, 1.165) is 0 Å². The predicted octanol–water partition coefficient (Wildman–Crippen LogP) is 0.964. The molecule has 0 spiro atoms. The van der Waals surface area contributed by atoms with Crippen molar-refractivity contribution >= 4 is 11.9 Å². The Kier molecular flexibility index (Phi) is 2.28. The minimum atomic E-state index is -0.531. The molecular formula is C11H17NO4. The number of carbonyl (C=O) groups is 2. The highest BCUT2D eigenvalue weighted by Crippen LogP contribution is 2.54. The van der Waals surface area contributed by atoms with Gasteiger partial charge in [-0.2, -0.15) is 0 Å². The van der Waals surface area contributed by atoms with Gasteiger partial charge in [-0.15, -0.1) is 0 Å². The molecule has 0 radical (unpaired) electrons. The molecule has 1 heterocycles. The van der Waals surface area contributed by atoms with Crippen LogP contribution in [0.5, 0.6) is 0 Å². The molecule has 0 bridgehead atoms. The lowest BCUT2D eigenvalue weighted by atomic mass is 9.85. The van der Waals surface area contributed by atoms with Crippen molar-refractivity contribution in [3.05, 3.63) is 0 Å². The van der Waals surface area contributed by atoms with Crippen LogP contribution in [-0.2, 0) is 14.3 Å². The summed E-state index contributed by atoms with van der Waals surface area (Å²) >= 11 is 0. The van der Waals surface area contributed by atoms with Crippen molar-refractivity contribution in [2.45, 2.75) is 44.4 Å². The van der Waals surface area contributed by atoms with Crippen LogP contribution in [0.4, 0.5) is 4.79 Å². The van der Waals surface area contributed by atoms with Gasteiger partial charge in [0.1, 0.15) is 17.2 Å². The molecule has 1 saturated carbocycles. The van der Waals surface area contributed by atoms with Gasteiger partial charge in [-0.25, -0.2) is 4.79 Å². The Morgan fingerprint density at radius 1 is 1.56 bits per heavy atom. The normalized spacial score (nSPS) is 31.9. The zero-order valence-corrected chi connectivity index (χ0v) is 10.1. The van der Waals surface area contributed by atoms with E-state index in [9.17, 15) is 9.59 Å². The van der Waals surface area contributed by atoms with Crippen molar-refractivity contribution in [2.75, 3.05) is 13.7 Å². The van der Waals surface area contributed by atoms with Gasteiger partial charge in [-0.3, -0.25) is 9.69 Å². The Labute approximate surface area is 94.7 Å².